The number of anilines is 1. The molecule has 0 saturated heterocycles. The standard InChI is InChI=1S/C16H20BrN3O2/c1-11-7-12(2)9-13(8-11)22-6-5-19(3)14-10-18-20(4)16(21)15(14)17/h7-10H,5-6H2,1-4H3. The van der Waals surface area contributed by atoms with Crippen LogP contribution in [0.25, 0.3) is 0 Å². The van der Waals surface area contributed by atoms with Crippen molar-refractivity contribution in [3.8, 4) is 5.75 Å². The molecular formula is C16H20BrN3O2. The normalized spacial score (nSPS) is 10.6. The summed E-state index contributed by atoms with van der Waals surface area (Å²) in [5.74, 6) is 0.868. The Morgan fingerprint density at radius 1 is 1.27 bits per heavy atom. The second kappa shape index (κ2) is 6.96. The molecule has 1 heterocycles. The zero-order valence-corrected chi connectivity index (χ0v) is 14.8. The predicted molar refractivity (Wildman–Crippen MR) is 91.9 cm³/mol. The molecule has 0 atom stereocenters. The summed E-state index contributed by atoms with van der Waals surface area (Å²) in [5, 5.41) is 4.04. The topological polar surface area (TPSA) is 47.4 Å². The van der Waals surface area contributed by atoms with Crippen LogP contribution in [0.15, 0.2) is 33.7 Å². The van der Waals surface area contributed by atoms with Crippen molar-refractivity contribution in [3.63, 3.8) is 0 Å². The Kier molecular flexibility index (Phi) is 5.24. The molecule has 0 aliphatic heterocycles. The zero-order chi connectivity index (χ0) is 16.3. The third kappa shape index (κ3) is 3.88. The molecule has 0 radical (unpaired) electrons. The van der Waals surface area contributed by atoms with Crippen molar-refractivity contribution in [2.24, 2.45) is 7.05 Å². The van der Waals surface area contributed by atoms with Crippen LogP contribution in [0.2, 0.25) is 0 Å². The highest BCUT2D eigenvalue weighted by Crippen LogP contribution is 2.20. The number of nitrogens with zero attached hydrogens (tertiary/aromatic N) is 3. The summed E-state index contributed by atoms with van der Waals surface area (Å²) < 4.78 is 7.60. The van der Waals surface area contributed by atoms with Crippen LogP contribution in [0.3, 0.4) is 0 Å². The second-order valence-corrected chi connectivity index (χ2v) is 6.16. The van der Waals surface area contributed by atoms with E-state index in [1.54, 1.807) is 13.2 Å². The maximum atomic E-state index is 11.9. The van der Waals surface area contributed by atoms with Crippen molar-refractivity contribution in [1.29, 1.82) is 0 Å². The van der Waals surface area contributed by atoms with Crippen LogP contribution < -0.4 is 15.2 Å². The van der Waals surface area contributed by atoms with E-state index < -0.39 is 0 Å². The molecule has 0 saturated carbocycles. The quantitative estimate of drug-likeness (QED) is 0.817. The lowest BCUT2D eigenvalue weighted by atomic mass is 10.1. The molecule has 0 bridgehead atoms. The molecular weight excluding hydrogens is 346 g/mol. The first kappa shape index (κ1) is 16.5. The van der Waals surface area contributed by atoms with E-state index in [0.717, 1.165) is 11.4 Å². The number of hydrogen-bond donors (Lipinski definition) is 0. The fourth-order valence-electron chi connectivity index (χ4n) is 2.21. The molecule has 2 rings (SSSR count). The second-order valence-electron chi connectivity index (χ2n) is 5.37. The van der Waals surface area contributed by atoms with E-state index in [2.05, 4.69) is 40.9 Å². The van der Waals surface area contributed by atoms with Gasteiger partial charge in [0.25, 0.3) is 5.56 Å². The van der Waals surface area contributed by atoms with Gasteiger partial charge in [-0.15, -0.1) is 0 Å². The van der Waals surface area contributed by atoms with Gasteiger partial charge >= 0.3 is 0 Å². The molecule has 0 fully saturated rings. The smallest absolute Gasteiger partial charge is 0.282 e. The van der Waals surface area contributed by atoms with Gasteiger partial charge in [0.2, 0.25) is 0 Å². The van der Waals surface area contributed by atoms with Gasteiger partial charge in [-0.25, -0.2) is 4.68 Å². The van der Waals surface area contributed by atoms with Gasteiger partial charge in [0.1, 0.15) is 16.8 Å². The molecule has 1 aromatic heterocycles. The highest BCUT2D eigenvalue weighted by atomic mass is 79.9. The van der Waals surface area contributed by atoms with Crippen LogP contribution in [0.1, 0.15) is 11.1 Å². The van der Waals surface area contributed by atoms with Gasteiger partial charge in [-0.05, 0) is 53.0 Å². The molecule has 6 heteroatoms. The first-order chi connectivity index (χ1) is 10.4. The minimum absolute atomic E-state index is 0.153. The molecule has 0 aliphatic carbocycles. The Morgan fingerprint density at radius 3 is 2.55 bits per heavy atom. The number of benzene rings is 1. The van der Waals surface area contributed by atoms with E-state index in [0.29, 0.717) is 17.6 Å². The van der Waals surface area contributed by atoms with Gasteiger partial charge in [0.15, 0.2) is 0 Å². The van der Waals surface area contributed by atoms with E-state index in [9.17, 15) is 4.79 Å². The fourth-order valence-corrected chi connectivity index (χ4v) is 2.87. The predicted octanol–water partition coefficient (Wildman–Crippen LogP) is 2.67. The van der Waals surface area contributed by atoms with Gasteiger partial charge < -0.3 is 9.64 Å². The highest BCUT2D eigenvalue weighted by Gasteiger charge is 2.11. The number of hydrogen-bond acceptors (Lipinski definition) is 4. The monoisotopic (exact) mass is 365 g/mol. The maximum Gasteiger partial charge on any atom is 0.282 e. The van der Waals surface area contributed by atoms with Crippen LogP contribution in [0.4, 0.5) is 5.69 Å². The zero-order valence-electron chi connectivity index (χ0n) is 13.3. The Balaban J connectivity index is 2.00. The van der Waals surface area contributed by atoms with Gasteiger partial charge in [0.05, 0.1) is 18.4 Å². The van der Waals surface area contributed by atoms with Crippen molar-refractivity contribution in [2.75, 3.05) is 25.1 Å². The average molecular weight is 366 g/mol. The van der Waals surface area contributed by atoms with Gasteiger partial charge in [0, 0.05) is 14.1 Å². The van der Waals surface area contributed by atoms with E-state index >= 15 is 0 Å². The fraction of sp³-hybridized carbons (Fsp3) is 0.375. The van der Waals surface area contributed by atoms with Gasteiger partial charge in [-0.1, -0.05) is 6.07 Å². The summed E-state index contributed by atoms with van der Waals surface area (Å²) in [4.78, 5) is 13.8. The van der Waals surface area contributed by atoms with E-state index in [1.807, 2.05) is 24.1 Å². The molecule has 2 aromatic rings. The number of aryl methyl sites for hydroxylation is 3. The molecule has 0 spiro atoms. The van der Waals surface area contributed by atoms with E-state index in [4.69, 9.17) is 4.74 Å². The Morgan fingerprint density at radius 2 is 1.91 bits per heavy atom. The molecule has 0 aliphatic rings. The summed E-state index contributed by atoms with van der Waals surface area (Å²) in [6, 6.07) is 6.15. The molecule has 1 aromatic carbocycles. The Bertz CT molecular complexity index is 708. The van der Waals surface area contributed by atoms with Gasteiger partial charge in [-0.2, -0.15) is 5.10 Å². The first-order valence-electron chi connectivity index (χ1n) is 7.02. The third-order valence-electron chi connectivity index (χ3n) is 3.36. The summed E-state index contributed by atoms with van der Waals surface area (Å²) in [7, 11) is 3.53. The summed E-state index contributed by atoms with van der Waals surface area (Å²) in [6.07, 6.45) is 1.67. The third-order valence-corrected chi connectivity index (χ3v) is 4.11. The van der Waals surface area contributed by atoms with Crippen molar-refractivity contribution in [3.05, 3.63) is 50.3 Å². The van der Waals surface area contributed by atoms with Crippen LogP contribution in [-0.4, -0.2) is 30.0 Å². The molecule has 22 heavy (non-hydrogen) atoms. The lowest BCUT2D eigenvalue weighted by Gasteiger charge is -2.20. The lowest BCUT2D eigenvalue weighted by molar-refractivity contribution is 0.325. The van der Waals surface area contributed by atoms with Gasteiger partial charge in [-0.3, -0.25) is 4.79 Å². The lowest BCUT2D eigenvalue weighted by Crippen LogP contribution is -2.28. The summed E-state index contributed by atoms with van der Waals surface area (Å²) >= 11 is 3.33. The van der Waals surface area contributed by atoms with Crippen LogP contribution in [0, 0.1) is 13.8 Å². The minimum Gasteiger partial charge on any atom is -0.492 e. The molecule has 5 nitrogen and oxygen atoms in total. The number of halogens is 1. The largest absolute Gasteiger partial charge is 0.492 e. The number of aromatic nitrogens is 2. The van der Waals surface area contributed by atoms with Crippen molar-refractivity contribution in [1.82, 2.24) is 9.78 Å². The Labute approximate surface area is 138 Å². The summed E-state index contributed by atoms with van der Waals surface area (Å²) in [6.45, 7) is 5.28. The molecule has 118 valence electrons. The highest BCUT2D eigenvalue weighted by molar-refractivity contribution is 9.10. The minimum atomic E-state index is -0.153. The number of ether oxygens (including phenoxy) is 1. The molecule has 0 unspecified atom stereocenters. The average Bonchev–Trinajstić information content (AvgIpc) is 2.43. The molecule has 0 amide bonds. The van der Waals surface area contributed by atoms with E-state index in [1.165, 1.54) is 15.8 Å². The SMILES string of the molecule is Cc1cc(C)cc(OCCN(C)c2cnn(C)c(=O)c2Br)c1. The van der Waals surface area contributed by atoms with Crippen molar-refractivity contribution < 1.29 is 4.74 Å². The molecule has 0 N–H and O–H groups in total. The maximum absolute atomic E-state index is 11.9. The summed E-state index contributed by atoms with van der Waals surface area (Å²) in [5.41, 5.74) is 2.97. The first-order valence-corrected chi connectivity index (χ1v) is 7.82. The number of rotatable bonds is 5. The number of likely N-dealkylation sites (N-methyl/N-ethyl adjacent to an activating group) is 1. The van der Waals surface area contributed by atoms with Crippen LogP contribution >= 0.6 is 15.9 Å². The Hall–Kier alpha value is -1.82. The van der Waals surface area contributed by atoms with Crippen LogP contribution in [-0.2, 0) is 7.05 Å². The van der Waals surface area contributed by atoms with Crippen molar-refractivity contribution >= 4 is 21.6 Å². The van der Waals surface area contributed by atoms with E-state index in [-0.39, 0.29) is 5.56 Å². The van der Waals surface area contributed by atoms with Crippen LogP contribution in [0.5, 0.6) is 5.75 Å². The van der Waals surface area contributed by atoms with Crippen molar-refractivity contribution in [2.45, 2.75) is 13.8 Å².